The SMILES string of the molecule is C/C=C1/CN2CCC1C(=O)c1[nH]c3cccc(OC)c3c1C2. The maximum Gasteiger partial charge on any atom is 0.186 e. The number of carbonyl (C=O) groups is 1. The van der Waals surface area contributed by atoms with Gasteiger partial charge in [-0.05, 0) is 37.6 Å². The maximum atomic E-state index is 13.1. The molecule has 1 aromatic heterocycles. The molecule has 2 aromatic rings. The molecule has 0 saturated carbocycles. The number of ether oxygens (including phenoxy) is 1. The standard InChI is InChI=1S/C18H20N2O2/c1-3-11-9-20-8-7-12(11)18(21)17-13(10-20)16-14(19-17)5-4-6-15(16)22-2/h3-6,12,19H,7-10H2,1-2H3/b11-3-. The third-order valence-electron chi connectivity index (χ3n) is 5.01. The Morgan fingerprint density at radius 1 is 1.36 bits per heavy atom. The van der Waals surface area contributed by atoms with E-state index in [9.17, 15) is 4.79 Å². The zero-order valence-corrected chi connectivity index (χ0v) is 13.0. The molecule has 0 radical (unpaired) electrons. The van der Waals surface area contributed by atoms with Crippen LogP contribution < -0.4 is 4.74 Å². The Hall–Kier alpha value is -2.07. The van der Waals surface area contributed by atoms with Crippen molar-refractivity contribution in [3.05, 3.63) is 41.1 Å². The lowest BCUT2D eigenvalue weighted by Gasteiger charge is -2.36. The van der Waals surface area contributed by atoms with Crippen LogP contribution in [0.2, 0.25) is 0 Å². The van der Waals surface area contributed by atoms with E-state index >= 15 is 0 Å². The molecule has 1 aromatic carbocycles. The first-order chi connectivity index (χ1) is 10.7. The van der Waals surface area contributed by atoms with Crippen LogP contribution in [0.4, 0.5) is 0 Å². The molecule has 0 spiro atoms. The number of hydrogen-bond donors (Lipinski definition) is 1. The average molecular weight is 296 g/mol. The normalized spacial score (nSPS) is 26.1. The van der Waals surface area contributed by atoms with Gasteiger partial charge < -0.3 is 9.72 Å². The second-order valence-electron chi connectivity index (χ2n) is 6.14. The Morgan fingerprint density at radius 3 is 3.00 bits per heavy atom. The first kappa shape index (κ1) is 13.6. The van der Waals surface area contributed by atoms with E-state index in [1.54, 1.807) is 7.11 Å². The maximum absolute atomic E-state index is 13.1. The van der Waals surface area contributed by atoms with Crippen molar-refractivity contribution in [1.29, 1.82) is 0 Å². The third-order valence-corrected chi connectivity index (χ3v) is 5.01. The van der Waals surface area contributed by atoms with Gasteiger partial charge in [0.05, 0.1) is 18.3 Å². The molecule has 1 fully saturated rings. The molecule has 1 saturated heterocycles. The van der Waals surface area contributed by atoms with Crippen LogP contribution in [0.15, 0.2) is 29.8 Å². The summed E-state index contributed by atoms with van der Waals surface area (Å²) in [5.41, 5.74) is 4.11. The highest BCUT2D eigenvalue weighted by atomic mass is 16.5. The fraction of sp³-hybridized carbons (Fsp3) is 0.389. The van der Waals surface area contributed by atoms with Gasteiger partial charge in [0.2, 0.25) is 0 Å². The van der Waals surface area contributed by atoms with Gasteiger partial charge in [0.15, 0.2) is 5.78 Å². The molecular weight excluding hydrogens is 276 g/mol. The molecular formula is C18H20N2O2. The minimum Gasteiger partial charge on any atom is -0.496 e. The first-order valence-corrected chi connectivity index (χ1v) is 7.82. The molecule has 2 atom stereocenters. The highest BCUT2D eigenvalue weighted by molar-refractivity contribution is 6.06. The van der Waals surface area contributed by atoms with Crippen molar-refractivity contribution in [2.45, 2.75) is 19.9 Å². The number of fused-ring (bicyclic) bond motifs is 3. The Labute approximate surface area is 129 Å². The molecule has 1 N–H and O–H groups in total. The second-order valence-corrected chi connectivity index (χ2v) is 6.14. The largest absolute Gasteiger partial charge is 0.496 e. The van der Waals surface area contributed by atoms with Gasteiger partial charge in [0.1, 0.15) is 5.75 Å². The van der Waals surface area contributed by atoms with E-state index in [0.29, 0.717) is 0 Å². The quantitative estimate of drug-likeness (QED) is 0.822. The zero-order chi connectivity index (χ0) is 15.3. The molecule has 2 bridgehead atoms. The number of aromatic amines is 1. The summed E-state index contributed by atoms with van der Waals surface area (Å²) in [6, 6.07) is 5.94. The molecule has 3 aliphatic heterocycles. The van der Waals surface area contributed by atoms with Crippen LogP contribution in [0.25, 0.3) is 10.9 Å². The molecule has 0 amide bonds. The number of rotatable bonds is 1. The first-order valence-electron chi connectivity index (χ1n) is 7.82. The summed E-state index contributed by atoms with van der Waals surface area (Å²) in [6.45, 7) is 4.71. The van der Waals surface area contributed by atoms with Crippen molar-refractivity contribution < 1.29 is 9.53 Å². The van der Waals surface area contributed by atoms with E-state index in [2.05, 4.69) is 16.0 Å². The number of H-pyrrole nitrogens is 1. The number of methoxy groups -OCH3 is 1. The van der Waals surface area contributed by atoms with E-state index in [0.717, 1.165) is 54.0 Å². The number of allylic oxidation sites excluding steroid dienone is 1. The molecule has 0 aliphatic carbocycles. The van der Waals surface area contributed by atoms with Crippen molar-refractivity contribution in [1.82, 2.24) is 9.88 Å². The average Bonchev–Trinajstić information content (AvgIpc) is 2.90. The smallest absolute Gasteiger partial charge is 0.186 e. The van der Waals surface area contributed by atoms with Gasteiger partial charge in [0, 0.05) is 30.0 Å². The van der Waals surface area contributed by atoms with Gasteiger partial charge in [-0.15, -0.1) is 0 Å². The summed E-state index contributed by atoms with van der Waals surface area (Å²) in [6.07, 6.45) is 3.04. The lowest BCUT2D eigenvalue weighted by molar-refractivity contribution is 0.0875. The number of hydrogen-bond acceptors (Lipinski definition) is 3. The van der Waals surface area contributed by atoms with Gasteiger partial charge in [-0.25, -0.2) is 0 Å². The molecule has 5 rings (SSSR count). The highest BCUT2D eigenvalue weighted by Crippen LogP contribution is 2.38. The van der Waals surface area contributed by atoms with Crippen LogP contribution in [0.5, 0.6) is 5.75 Å². The minimum absolute atomic E-state index is 0.0272. The fourth-order valence-corrected chi connectivity index (χ4v) is 3.89. The molecule has 4 heteroatoms. The van der Waals surface area contributed by atoms with Crippen LogP contribution >= 0.6 is 0 Å². The monoisotopic (exact) mass is 296 g/mol. The van der Waals surface area contributed by atoms with Crippen LogP contribution in [0.1, 0.15) is 29.4 Å². The summed E-state index contributed by atoms with van der Waals surface area (Å²) in [5, 5.41) is 1.06. The van der Waals surface area contributed by atoms with Gasteiger partial charge in [-0.3, -0.25) is 9.69 Å². The van der Waals surface area contributed by atoms with Gasteiger partial charge in [-0.2, -0.15) is 0 Å². The molecule has 114 valence electrons. The van der Waals surface area contributed by atoms with E-state index in [1.165, 1.54) is 5.57 Å². The van der Waals surface area contributed by atoms with Gasteiger partial charge in [0.25, 0.3) is 0 Å². The van der Waals surface area contributed by atoms with Crippen molar-refractivity contribution in [2.75, 3.05) is 20.2 Å². The Bertz CT molecular complexity index is 788. The van der Waals surface area contributed by atoms with Crippen LogP contribution in [0, 0.1) is 5.92 Å². The van der Waals surface area contributed by atoms with Gasteiger partial charge in [-0.1, -0.05) is 12.1 Å². The van der Waals surface area contributed by atoms with E-state index in [-0.39, 0.29) is 11.7 Å². The molecule has 3 aliphatic rings. The summed E-state index contributed by atoms with van der Waals surface area (Å²) < 4.78 is 5.52. The van der Waals surface area contributed by atoms with E-state index < -0.39 is 0 Å². The number of Topliss-reactive ketones (excluding diaryl/α,β-unsaturated/α-hetero) is 1. The molecule has 2 unspecified atom stereocenters. The van der Waals surface area contributed by atoms with Crippen molar-refractivity contribution >= 4 is 16.7 Å². The number of aromatic nitrogens is 1. The van der Waals surface area contributed by atoms with Crippen LogP contribution in [-0.4, -0.2) is 35.9 Å². The fourth-order valence-electron chi connectivity index (χ4n) is 3.89. The lowest BCUT2D eigenvalue weighted by atomic mass is 9.83. The van der Waals surface area contributed by atoms with Crippen molar-refractivity contribution in [3.8, 4) is 5.75 Å². The minimum atomic E-state index is 0.0272. The number of carbonyl (C=O) groups excluding carboxylic acids is 1. The molecule has 22 heavy (non-hydrogen) atoms. The van der Waals surface area contributed by atoms with E-state index in [1.807, 2.05) is 25.1 Å². The lowest BCUT2D eigenvalue weighted by Crippen LogP contribution is -2.40. The summed E-state index contributed by atoms with van der Waals surface area (Å²) in [5.74, 6) is 1.10. The van der Waals surface area contributed by atoms with Crippen LogP contribution in [-0.2, 0) is 6.54 Å². The number of benzene rings is 1. The van der Waals surface area contributed by atoms with Crippen molar-refractivity contribution in [2.24, 2.45) is 5.92 Å². The van der Waals surface area contributed by atoms with Crippen molar-refractivity contribution in [3.63, 3.8) is 0 Å². The van der Waals surface area contributed by atoms with Crippen LogP contribution in [0.3, 0.4) is 0 Å². The highest BCUT2D eigenvalue weighted by Gasteiger charge is 2.36. The Morgan fingerprint density at radius 2 is 2.23 bits per heavy atom. The summed E-state index contributed by atoms with van der Waals surface area (Å²) >= 11 is 0. The Balaban J connectivity index is 1.97. The number of piperidine rings is 1. The topological polar surface area (TPSA) is 45.3 Å². The van der Waals surface area contributed by atoms with Gasteiger partial charge >= 0.3 is 0 Å². The second kappa shape index (κ2) is 4.99. The molecule has 4 nitrogen and oxygen atoms in total. The Kier molecular flexibility index (Phi) is 3.08. The zero-order valence-electron chi connectivity index (χ0n) is 13.0. The number of nitrogens with zero attached hydrogens (tertiary/aromatic N) is 1. The number of nitrogens with one attached hydrogen (secondary N) is 1. The predicted octanol–water partition coefficient (Wildman–Crippen LogP) is 3.14. The molecule has 4 heterocycles. The predicted molar refractivity (Wildman–Crippen MR) is 86.3 cm³/mol. The number of ketones is 1. The third kappa shape index (κ3) is 1.83. The van der Waals surface area contributed by atoms with E-state index in [4.69, 9.17) is 4.74 Å². The summed E-state index contributed by atoms with van der Waals surface area (Å²) in [4.78, 5) is 18.8. The summed E-state index contributed by atoms with van der Waals surface area (Å²) in [7, 11) is 1.68.